The molecule has 84 valence electrons. The molecule has 0 saturated carbocycles. The minimum absolute atomic E-state index is 0.274. The lowest BCUT2D eigenvalue weighted by Crippen LogP contribution is -2.34. The average molecular weight is 203 g/mol. The lowest BCUT2D eigenvalue weighted by atomic mass is 10.2. The van der Waals surface area contributed by atoms with Gasteiger partial charge in [-0.1, -0.05) is 5.16 Å². The van der Waals surface area contributed by atoms with E-state index in [1.54, 1.807) is 7.11 Å². The van der Waals surface area contributed by atoms with E-state index in [2.05, 4.69) is 10.1 Å². The molecule has 0 aliphatic rings. The number of rotatable bonds is 7. The standard InChI is InChI=1S/C9H21N3O2/c1-8(7-9(10)11-13)12(2)5-4-6-14-3/h8,13H,4-7H2,1-3H3,(H2,10,11). The first kappa shape index (κ1) is 13.2. The van der Waals surface area contributed by atoms with E-state index in [1.807, 2.05) is 14.0 Å². The van der Waals surface area contributed by atoms with E-state index in [1.165, 1.54) is 0 Å². The summed E-state index contributed by atoms with van der Waals surface area (Å²) in [6.45, 7) is 3.76. The summed E-state index contributed by atoms with van der Waals surface area (Å²) in [6.07, 6.45) is 1.58. The molecule has 1 atom stereocenters. The van der Waals surface area contributed by atoms with Gasteiger partial charge < -0.3 is 20.6 Å². The Morgan fingerprint density at radius 3 is 2.79 bits per heavy atom. The molecule has 0 aliphatic heterocycles. The maximum absolute atomic E-state index is 8.40. The predicted octanol–water partition coefficient (Wildman–Crippen LogP) is 0.480. The van der Waals surface area contributed by atoms with E-state index >= 15 is 0 Å². The highest BCUT2D eigenvalue weighted by molar-refractivity contribution is 5.80. The third-order valence-electron chi connectivity index (χ3n) is 2.24. The molecule has 0 aliphatic carbocycles. The molecule has 0 saturated heterocycles. The second-order valence-electron chi connectivity index (χ2n) is 3.47. The Labute approximate surface area is 85.5 Å². The van der Waals surface area contributed by atoms with Crippen LogP contribution in [-0.4, -0.2) is 49.3 Å². The predicted molar refractivity (Wildman–Crippen MR) is 56.6 cm³/mol. The second-order valence-corrected chi connectivity index (χ2v) is 3.47. The molecule has 0 fully saturated rings. The summed E-state index contributed by atoms with van der Waals surface area (Å²) in [5.41, 5.74) is 5.42. The molecule has 0 rings (SSSR count). The summed E-state index contributed by atoms with van der Waals surface area (Å²) >= 11 is 0. The Morgan fingerprint density at radius 2 is 2.29 bits per heavy atom. The Morgan fingerprint density at radius 1 is 1.64 bits per heavy atom. The van der Waals surface area contributed by atoms with Gasteiger partial charge in [0.05, 0.1) is 0 Å². The maximum Gasteiger partial charge on any atom is 0.140 e. The van der Waals surface area contributed by atoms with Crippen LogP contribution in [0.3, 0.4) is 0 Å². The fraction of sp³-hybridized carbons (Fsp3) is 0.889. The first-order valence-electron chi connectivity index (χ1n) is 4.77. The number of ether oxygens (including phenoxy) is 1. The largest absolute Gasteiger partial charge is 0.409 e. The van der Waals surface area contributed by atoms with E-state index in [-0.39, 0.29) is 11.9 Å². The number of hydrogen-bond donors (Lipinski definition) is 2. The summed E-state index contributed by atoms with van der Waals surface area (Å²) in [7, 11) is 3.71. The van der Waals surface area contributed by atoms with E-state index in [0.29, 0.717) is 6.42 Å². The van der Waals surface area contributed by atoms with Gasteiger partial charge in [-0.15, -0.1) is 0 Å². The lowest BCUT2D eigenvalue weighted by molar-refractivity contribution is 0.169. The monoisotopic (exact) mass is 203 g/mol. The van der Waals surface area contributed by atoms with Crippen LogP contribution in [0.4, 0.5) is 0 Å². The molecule has 0 radical (unpaired) electrons. The molecule has 0 bridgehead atoms. The first-order valence-corrected chi connectivity index (χ1v) is 4.77. The van der Waals surface area contributed by atoms with Crippen LogP contribution in [-0.2, 0) is 4.74 Å². The SMILES string of the molecule is COCCCN(C)C(C)CC(N)=NO. The fourth-order valence-electron chi connectivity index (χ4n) is 1.18. The molecule has 5 heteroatoms. The first-order chi connectivity index (χ1) is 6.61. The molecule has 3 N–H and O–H groups in total. The number of nitrogens with two attached hydrogens (primary N) is 1. The van der Waals surface area contributed by atoms with Gasteiger partial charge in [0.15, 0.2) is 0 Å². The molecule has 0 spiro atoms. The number of oxime groups is 1. The van der Waals surface area contributed by atoms with Crippen LogP contribution >= 0.6 is 0 Å². The van der Waals surface area contributed by atoms with Crippen molar-refractivity contribution in [3.8, 4) is 0 Å². The van der Waals surface area contributed by atoms with E-state index in [0.717, 1.165) is 19.6 Å². The van der Waals surface area contributed by atoms with Crippen LogP contribution in [0.5, 0.6) is 0 Å². The van der Waals surface area contributed by atoms with E-state index < -0.39 is 0 Å². The van der Waals surface area contributed by atoms with Gasteiger partial charge in [0.1, 0.15) is 5.84 Å². The third kappa shape index (κ3) is 5.77. The molecule has 0 amide bonds. The summed E-state index contributed by atoms with van der Waals surface area (Å²) < 4.78 is 4.96. The van der Waals surface area contributed by atoms with Gasteiger partial charge in [-0.3, -0.25) is 0 Å². The minimum atomic E-state index is 0.274. The number of methoxy groups -OCH3 is 1. The topological polar surface area (TPSA) is 71.1 Å². The third-order valence-corrected chi connectivity index (χ3v) is 2.24. The summed E-state index contributed by atoms with van der Waals surface area (Å²) in [5, 5.41) is 11.4. The van der Waals surface area contributed by atoms with Gasteiger partial charge >= 0.3 is 0 Å². The quantitative estimate of drug-likeness (QED) is 0.207. The van der Waals surface area contributed by atoms with Crippen LogP contribution in [0.2, 0.25) is 0 Å². The van der Waals surface area contributed by atoms with Crippen LogP contribution in [0.15, 0.2) is 5.16 Å². The molecule has 0 aromatic heterocycles. The van der Waals surface area contributed by atoms with E-state index in [4.69, 9.17) is 15.7 Å². The summed E-state index contributed by atoms with van der Waals surface area (Å²) in [5.74, 6) is 0.274. The Balaban J connectivity index is 3.70. The Kier molecular flexibility index (Phi) is 7.14. The van der Waals surface area contributed by atoms with Gasteiger partial charge in [-0.2, -0.15) is 0 Å². The normalized spacial score (nSPS) is 14.7. The van der Waals surface area contributed by atoms with Crippen molar-refractivity contribution in [2.24, 2.45) is 10.9 Å². The van der Waals surface area contributed by atoms with Crippen molar-refractivity contribution in [3.05, 3.63) is 0 Å². The van der Waals surface area contributed by atoms with Crippen molar-refractivity contribution in [2.45, 2.75) is 25.8 Å². The number of nitrogens with zero attached hydrogens (tertiary/aromatic N) is 2. The zero-order chi connectivity index (χ0) is 11.0. The highest BCUT2D eigenvalue weighted by Crippen LogP contribution is 2.01. The van der Waals surface area contributed by atoms with Crippen molar-refractivity contribution >= 4 is 5.84 Å². The van der Waals surface area contributed by atoms with Gasteiger partial charge in [-0.05, 0) is 20.4 Å². The summed E-state index contributed by atoms with van der Waals surface area (Å²) in [6, 6.07) is 0.280. The van der Waals surface area contributed by atoms with E-state index in [9.17, 15) is 0 Å². The van der Waals surface area contributed by atoms with Crippen molar-refractivity contribution in [1.29, 1.82) is 0 Å². The smallest absolute Gasteiger partial charge is 0.140 e. The molecular weight excluding hydrogens is 182 g/mol. The highest BCUT2D eigenvalue weighted by Gasteiger charge is 2.10. The van der Waals surface area contributed by atoms with Crippen LogP contribution < -0.4 is 5.73 Å². The van der Waals surface area contributed by atoms with Gasteiger partial charge in [0.25, 0.3) is 0 Å². The van der Waals surface area contributed by atoms with Gasteiger partial charge in [0, 0.05) is 32.7 Å². The Bertz CT molecular complexity index is 173. The van der Waals surface area contributed by atoms with Gasteiger partial charge in [-0.25, -0.2) is 0 Å². The van der Waals surface area contributed by atoms with Gasteiger partial charge in [0.2, 0.25) is 0 Å². The van der Waals surface area contributed by atoms with Crippen molar-refractivity contribution in [2.75, 3.05) is 27.3 Å². The zero-order valence-corrected chi connectivity index (χ0v) is 9.23. The number of amidine groups is 1. The average Bonchev–Trinajstić information content (AvgIpc) is 2.17. The van der Waals surface area contributed by atoms with Crippen molar-refractivity contribution < 1.29 is 9.94 Å². The molecule has 0 aromatic carbocycles. The fourth-order valence-corrected chi connectivity index (χ4v) is 1.18. The molecule has 0 heterocycles. The summed E-state index contributed by atoms with van der Waals surface area (Å²) in [4.78, 5) is 2.16. The minimum Gasteiger partial charge on any atom is -0.409 e. The number of hydrogen-bond acceptors (Lipinski definition) is 4. The van der Waals surface area contributed by atoms with Crippen LogP contribution in [0.25, 0.3) is 0 Å². The van der Waals surface area contributed by atoms with Crippen molar-refractivity contribution in [3.63, 3.8) is 0 Å². The van der Waals surface area contributed by atoms with Crippen LogP contribution in [0, 0.1) is 0 Å². The zero-order valence-electron chi connectivity index (χ0n) is 9.23. The molecule has 1 unspecified atom stereocenters. The molecule has 0 aromatic rings. The lowest BCUT2D eigenvalue weighted by Gasteiger charge is -2.23. The molecule has 14 heavy (non-hydrogen) atoms. The molecule has 5 nitrogen and oxygen atoms in total. The highest BCUT2D eigenvalue weighted by atomic mass is 16.5. The molecular formula is C9H21N3O2. The second kappa shape index (κ2) is 7.58. The van der Waals surface area contributed by atoms with Crippen molar-refractivity contribution in [1.82, 2.24) is 4.90 Å². The van der Waals surface area contributed by atoms with Crippen LogP contribution in [0.1, 0.15) is 19.8 Å². The maximum atomic E-state index is 8.40. The Hall–Kier alpha value is -0.810.